The molecule has 0 radical (unpaired) electrons. The first-order valence-corrected chi connectivity index (χ1v) is 4.36. The molecule has 1 aromatic rings. The highest BCUT2D eigenvalue weighted by molar-refractivity contribution is 6.32. The van der Waals surface area contributed by atoms with Crippen LogP contribution in [0.5, 0.6) is 5.75 Å². The first-order chi connectivity index (χ1) is 6.19. The van der Waals surface area contributed by atoms with Crippen LogP contribution in [0.1, 0.15) is 18.4 Å². The molecule has 0 amide bonds. The van der Waals surface area contributed by atoms with E-state index in [1.54, 1.807) is 13.2 Å². The van der Waals surface area contributed by atoms with Crippen LogP contribution in [0.2, 0.25) is 5.02 Å². The fraction of sp³-hybridized carbons (Fsp3) is 0.273. The Labute approximate surface area is 83.7 Å². The average molecular weight is 195 g/mol. The SMILES string of the molecule is C#CC(C)c1ccc(Cl)c(OC)c1. The van der Waals surface area contributed by atoms with Crippen molar-refractivity contribution in [1.29, 1.82) is 0 Å². The molecule has 0 aromatic heterocycles. The lowest BCUT2D eigenvalue weighted by atomic mass is 10.0. The highest BCUT2D eigenvalue weighted by atomic mass is 35.5. The number of methoxy groups -OCH3 is 1. The van der Waals surface area contributed by atoms with Crippen LogP contribution in [-0.4, -0.2) is 7.11 Å². The van der Waals surface area contributed by atoms with E-state index in [4.69, 9.17) is 22.8 Å². The standard InChI is InChI=1S/C11H11ClO/c1-4-8(2)9-5-6-10(12)11(7-9)13-3/h1,5-8H,2-3H3. The third-order valence-corrected chi connectivity index (χ3v) is 2.24. The minimum absolute atomic E-state index is 0.0890. The molecule has 68 valence electrons. The monoisotopic (exact) mass is 194 g/mol. The number of terminal acetylenes is 1. The molecule has 0 aliphatic rings. The van der Waals surface area contributed by atoms with Crippen molar-refractivity contribution in [2.45, 2.75) is 12.8 Å². The predicted molar refractivity (Wildman–Crippen MR) is 55.3 cm³/mol. The molecule has 0 aliphatic heterocycles. The van der Waals surface area contributed by atoms with Gasteiger partial charge in [-0.15, -0.1) is 6.42 Å². The molecule has 1 nitrogen and oxygen atoms in total. The van der Waals surface area contributed by atoms with E-state index in [1.165, 1.54) is 0 Å². The minimum atomic E-state index is 0.0890. The lowest BCUT2D eigenvalue weighted by molar-refractivity contribution is 0.414. The van der Waals surface area contributed by atoms with Crippen LogP contribution in [0.4, 0.5) is 0 Å². The molecular weight excluding hydrogens is 184 g/mol. The number of halogens is 1. The van der Waals surface area contributed by atoms with Gasteiger partial charge in [0.25, 0.3) is 0 Å². The summed E-state index contributed by atoms with van der Waals surface area (Å²) < 4.78 is 5.08. The second kappa shape index (κ2) is 4.20. The number of rotatable bonds is 2. The third-order valence-electron chi connectivity index (χ3n) is 1.93. The van der Waals surface area contributed by atoms with Gasteiger partial charge in [0.2, 0.25) is 0 Å². The van der Waals surface area contributed by atoms with Gasteiger partial charge in [0.1, 0.15) is 5.75 Å². The molecule has 13 heavy (non-hydrogen) atoms. The summed E-state index contributed by atoms with van der Waals surface area (Å²) in [5, 5.41) is 0.607. The average Bonchev–Trinajstić information content (AvgIpc) is 2.17. The molecule has 0 bridgehead atoms. The summed E-state index contributed by atoms with van der Waals surface area (Å²) in [7, 11) is 1.59. The summed E-state index contributed by atoms with van der Waals surface area (Å²) in [6.07, 6.45) is 5.31. The fourth-order valence-corrected chi connectivity index (χ4v) is 1.24. The number of ether oxygens (including phenoxy) is 1. The second-order valence-corrected chi connectivity index (χ2v) is 3.19. The molecule has 0 fully saturated rings. The predicted octanol–water partition coefficient (Wildman–Crippen LogP) is 3.09. The highest BCUT2D eigenvalue weighted by Gasteiger charge is 2.05. The van der Waals surface area contributed by atoms with E-state index in [0.29, 0.717) is 10.8 Å². The molecule has 1 rings (SSSR count). The zero-order valence-electron chi connectivity index (χ0n) is 7.67. The molecule has 0 heterocycles. The summed E-state index contributed by atoms with van der Waals surface area (Å²) in [6, 6.07) is 5.58. The van der Waals surface area contributed by atoms with Crippen LogP contribution in [0.25, 0.3) is 0 Å². The summed E-state index contributed by atoms with van der Waals surface area (Å²) in [6.45, 7) is 1.96. The quantitative estimate of drug-likeness (QED) is 0.658. The van der Waals surface area contributed by atoms with Crippen molar-refractivity contribution in [1.82, 2.24) is 0 Å². The Hall–Kier alpha value is -1.13. The lowest BCUT2D eigenvalue weighted by Crippen LogP contribution is -1.91. The molecule has 0 N–H and O–H groups in total. The van der Waals surface area contributed by atoms with Crippen LogP contribution in [0.3, 0.4) is 0 Å². The highest BCUT2D eigenvalue weighted by Crippen LogP contribution is 2.27. The van der Waals surface area contributed by atoms with Gasteiger partial charge in [-0.25, -0.2) is 0 Å². The Morgan fingerprint density at radius 3 is 2.77 bits per heavy atom. The van der Waals surface area contributed by atoms with Gasteiger partial charge in [0.05, 0.1) is 12.1 Å². The van der Waals surface area contributed by atoms with Gasteiger partial charge in [0.15, 0.2) is 0 Å². The summed E-state index contributed by atoms with van der Waals surface area (Å²) in [5.74, 6) is 3.41. The number of hydrogen-bond donors (Lipinski definition) is 0. The molecule has 2 heteroatoms. The molecule has 0 saturated carbocycles. The van der Waals surface area contributed by atoms with E-state index >= 15 is 0 Å². The smallest absolute Gasteiger partial charge is 0.137 e. The van der Waals surface area contributed by atoms with Crippen molar-refractivity contribution in [2.24, 2.45) is 0 Å². The second-order valence-electron chi connectivity index (χ2n) is 2.78. The summed E-state index contributed by atoms with van der Waals surface area (Å²) >= 11 is 5.87. The van der Waals surface area contributed by atoms with Crippen LogP contribution in [0, 0.1) is 12.3 Å². The van der Waals surface area contributed by atoms with Crippen molar-refractivity contribution in [3.8, 4) is 18.1 Å². The van der Waals surface area contributed by atoms with Crippen molar-refractivity contribution >= 4 is 11.6 Å². The fourth-order valence-electron chi connectivity index (χ4n) is 1.04. The summed E-state index contributed by atoms with van der Waals surface area (Å²) in [4.78, 5) is 0. The molecule has 1 atom stereocenters. The van der Waals surface area contributed by atoms with Crippen LogP contribution < -0.4 is 4.74 Å². The van der Waals surface area contributed by atoms with Gasteiger partial charge in [-0.3, -0.25) is 0 Å². The van der Waals surface area contributed by atoms with E-state index in [1.807, 2.05) is 19.1 Å². The van der Waals surface area contributed by atoms with Crippen LogP contribution >= 0.6 is 11.6 Å². The Kier molecular flexibility index (Phi) is 3.22. The summed E-state index contributed by atoms with van der Waals surface area (Å²) in [5.41, 5.74) is 1.05. The maximum Gasteiger partial charge on any atom is 0.137 e. The zero-order chi connectivity index (χ0) is 9.84. The minimum Gasteiger partial charge on any atom is -0.495 e. The van der Waals surface area contributed by atoms with E-state index in [9.17, 15) is 0 Å². The maximum atomic E-state index is 5.87. The first kappa shape index (κ1) is 9.95. The Balaban J connectivity index is 3.08. The van der Waals surface area contributed by atoms with Gasteiger partial charge in [-0.1, -0.05) is 23.6 Å². The van der Waals surface area contributed by atoms with Gasteiger partial charge in [-0.2, -0.15) is 0 Å². The number of hydrogen-bond acceptors (Lipinski definition) is 1. The number of benzene rings is 1. The Morgan fingerprint density at radius 1 is 1.54 bits per heavy atom. The normalized spacial score (nSPS) is 11.8. The zero-order valence-corrected chi connectivity index (χ0v) is 8.43. The molecule has 0 aliphatic carbocycles. The Bertz CT molecular complexity index is 338. The van der Waals surface area contributed by atoms with Crippen LogP contribution in [-0.2, 0) is 0 Å². The molecular formula is C11H11ClO. The molecule has 1 aromatic carbocycles. The van der Waals surface area contributed by atoms with E-state index in [0.717, 1.165) is 5.56 Å². The molecule has 0 saturated heterocycles. The third kappa shape index (κ3) is 2.17. The van der Waals surface area contributed by atoms with Gasteiger partial charge in [-0.05, 0) is 24.6 Å². The van der Waals surface area contributed by atoms with Gasteiger partial charge in [0, 0.05) is 5.92 Å². The van der Waals surface area contributed by atoms with Crippen LogP contribution in [0.15, 0.2) is 18.2 Å². The largest absolute Gasteiger partial charge is 0.495 e. The lowest BCUT2D eigenvalue weighted by Gasteiger charge is -2.08. The van der Waals surface area contributed by atoms with Gasteiger partial charge < -0.3 is 4.74 Å². The Morgan fingerprint density at radius 2 is 2.23 bits per heavy atom. The first-order valence-electron chi connectivity index (χ1n) is 3.98. The van der Waals surface area contributed by atoms with Crippen molar-refractivity contribution in [2.75, 3.05) is 7.11 Å². The van der Waals surface area contributed by atoms with E-state index < -0.39 is 0 Å². The van der Waals surface area contributed by atoms with E-state index in [2.05, 4.69) is 5.92 Å². The molecule has 1 unspecified atom stereocenters. The maximum absolute atomic E-state index is 5.87. The van der Waals surface area contributed by atoms with Crippen molar-refractivity contribution in [3.05, 3.63) is 28.8 Å². The van der Waals surface area contributed by atoms with Gasteiger partial charge >= 0.3 is 0 Å². The van der Waals surface area contributed by atoms with Crippen molar-refractivity contribution < 1.29 is 4.74 Å². The van der Waals surface area contributed by atoms with Crippen molar-refractivity contribution in [3.63, 3.8) is 0 Å². The molecule has 0 spiro atoms. The van der Waals surface area contributed by atoms with E-state index in [-0.39, 0.29) is 5.92 Å². The topological polar surface area (TPSA) is 9.23 Å².